The molecule has 2 N–H and O–H groups in total. The lowest BCUT2D eigenvalue weighted by atomic mass is 10.1. The molecule has 0 saturated carbocycles. The van der Waals surface area contributed by atoms with Crippen LogP contribution in [0.2, 0.25) is 0 Å². The molecule has 4 aromatic carbocycles. The van der Waals surface area contributed by atoms with Crippen LogP contribution in [0.25, 0.3) is 23.2 Å². The molecular weight excluding hydrogens is 740 g/mol. The fraction of sp³-hybridized carbons (Fsp3) is 0.158. The van der Waals surface area contributed by atoms with Crippen molar-refractivity contribution in [2.24, 2.45) is 4.99 Å². The van der Waals surface area contributed by atoms with Crippen LogP contribution in [-0.4, -0.2) is 55.3 Å². The van der Waals surface area contributed by atoms with Crippen LogP contribution in [0.3, 0.4) is 0 Å². The molecule has 1 unspecified atom stereocenters. The van der Waals surface area contributed by atoms with E-state index in [4.69, 9.17) is 17.0 Å². The highest BCUT2D eigenvalue weighted by molar-refractivity contribution is 8.15. The van der Waals surface area contributed by atoms with Crippen molar-refractivity contribution < 1.29 is 32.2 Å². The highest BCUT2D eigenvalue weighted by Gasteiger charge is 2.32. The summed E-state index contributed by atoms with van der Waals surface area (Å²) in [6.07, 6.45) is -1.44. The number of benzene rings is 4. The molecule has 5 aromatic rings. The topological polar surface area (TPSA) is 123 Å². The average Bonchev–Trinajstić information content (AvgIpc) is 3.78. The Morgan fingerprint density at radius 2 is 1.76 bits per heavy atom. The summed E-state index contributed by atoms with van der Waals surface area (Å²) in [7, 11) is 0. The highest BCUT2D eigenvalue weighted by Crippen LogP contribution is 2.30. The molecule has 6 rings (SSSR count). The number of carbonyl (C=O) groups excluding carboxylic acids is 2. The largest absolute Gasteiger partial charge is 0.573 e. The Hall–Kier alpha value is -6.00. The number of hydrogen-bond acceptors (Lipinski definition) is 8. The van der Waals surface area contributed by atoms with Crippen molar-refractivity contribution in [2.45, 2.75) is 33.0 Å². The summed E-state index contributed by atoms with van der Waals surface area (Å²) in [4.78, 5) is 36.2. The number of aromatic nitrogens is 3. The summed E-state index contributed by atoms with van der Waals surface area (Å²) >= 11 is 6.85. The van der Waals surface area contributed by atoms with Crippen LogP contribution < -0.4 is 20.3 Å². The van der Waals surface area contributed by atoms with E-state index in [9.17, 15) is 22.8 Å². The zero-order valence-electron chi connectivity index (χ0n) is 28.8. The average molecular weight is 772 g/mol. The fourth-order valence-electron chi connectivity index (χ4n) is 5.19. The van der Waals surface area contributed by atoms with Crippen molar-refractivity contribution in [1.82, 2.24) is 25.4 Å². The molecule has 1 saturated heterocycles. The number of anilines is 1. The van der Waals surface area contributed by atoms with Gasteiger partial charge in [0, 0.05) is 5.56 Å². The van der Waals surface area contributed by atoms with E-state index in [-0.39, 0.29) is 29.1 Å². The van der Waals surface area contributed by atoms with Crippen LogP contribution in [0.5, 0.6) is 5.75 Å². The first-order chi connectivity index (χ1) is 25.9. The highest BCUT2D eigenvalue weighted by atomic mass is 32.2. The van der Waals surface area contributed by atoms with Crippen LogP contribution in [0.1, 0.15) is 22.3 Å². The zero-order chi connectivity index (χ0) is 38.2. The van der Waals surface area contributed by atoms with Gasteiger partial charge >= 0.3 is 12.5 Å². The first kappa shape index (κ1) is 37.7. The van der Waals surface area contributed by atoms with Crippen molar-refractivity contribution in [3.63, 3.8) is 0 Å². The number of aliphatic imine (C=N–C) groups is 1. The van der Waals surface area contributed by atoms with Gasteiger partial charge in [-0.2, -0.15) is 4.99 Å². The molecule has 1 aliphatic rings. The maximum atomic E-state index is 12.9. The third kappa shape index (κ3) is 10.1. The first-order valence-electron chi connectivity index (χ1n) is 16.4. The first-order valence-corrected chi connectivity index (χ1v) is 17.8. The van der Waals surface area contributed by atoms with Gasteiger partial charge in [-0.3, -0.25) is 15.0 Å². The second-order valence-electron chi connectivity index (χ2n) is 11.9. The minimum atomic E-state index is -4.78. The molecule has 1 aromatic heterocycles. The van der Waals surface area contributed by atoms with E-state index in [1.165, 1.54) is 47.0 Å². The minimum Gasteiger partial charge on any atom is -0.445 e. The number of nitrogens with one attached hydrogen (secondary N) is 2. The summed E-state index contributed by atoms with van der Waals surface area (Å²) in [5, 5.41) is 10.7. The van der Waals surface area contributed by atoms with Crippen LogP contribution in [0.4, 0.5) is 23.7 Å². The van der Waals surface area contributed by atoms with E-state index >= 15 is 0 Å². The molecule has 1 fully saturated rings. The normalized spacial score (nSPS) is 14.4. The summed E-state index contributed by atoms with van der Waals surface area (Å²) < 4.78 is 48.3. The van der Waals surface area contributed by atoms with Gasteiger partial charge in [-0.15, -0.1) is 18.3 Å². The number of thiocarbonyl (C=S) groups is 1. The molecule has 11 nitrogen and oxygen atoms in total. The van der Waals surface area contributed by atoms with Crippen LogP contribution in [-0.2, 0) is 16.1 Å². The smallest absolute Gasteiger partial charge is 0.445 e. The predicted molar refractivity (Wildman–Crippen MR) is 205 cm³/mol. The van der Waals surface area contributed by atoms with Gasteiger partial charge in [0.1, 0.15) is 24.8 Å². The lowest BCUT2D eigenvalue weighted by molar-refractivity contribution is -0.274. The molecule has 1 atom stereocenters. The Bertz CT molecular complexity index is 2190. The third-order valence-electron chi connectivity index (χ3n) is 7.81. The SMILES string of the molecule is Cc1ccc(C)c(N2C(=O)CSC2=NC(=S)NC(/C=C\c2ccc(-c3ncn(-c4ccc(OC(F)(F)F)cc4)n3)cc2)NC(=O)OCc2ccccc2)c1. The van der Waals surface area contributed by atoms with Crippen molar-refractivity contribution >= 4 is 58.0 Å². The Kier molecular flexibility index (Phi) is 11.7. The molecule has 2 amide bonds. The van der Waals surface area contributed by atoms with E-state index in [0.717, 1.165) is 27.9 Å². The maximum Gasteiger partial charge on any atom is 0.573 e. The molecule has 54 heavy (non-hydrogen) atoms. The van der Waals surface area contributed by atoms with Crippen LogP contribution in [0, 0.1) is 13.8 Å². The minimum absolute atomic E-state index is 0.0417. The number of alkyl carbamates (subject to hydrolysis) is 1. The quantitative estimate of drug-likeness (QED) is 0.109. The van der Waals surface area contributed by atoms with Crippen molar-refractivity contribution in [3.05, 3.63) is 132 Å². The predicted octanol–water partition coefficient (Wildman–Crippen LogP) is 7.73. The van der Waals surface area contributed by atoms with Gasteiger partial charge in [0.15, 0.2) is 16.1 Å². The lowest BCUT2D eigenvalue weighted by Crippen LogP contribution is -2.46. The second kappa shape index (κ2) is 16.8. The number of amidine groups is 1. The van der Waals surface area contributed by atoms with E-state index < -0.39 is 18.6 Å². The number of amides is 2. The number of rotatable bonds is 10. The van der Waals surface area contributed by atoms with Gasteiger partial charge in [0.05, 0.1) is 17.1 Å². The Morgan fingerprint density at radius 1 is 1.02 bits per heavy atom. The van der Waals surface area contributed by atoms with Gasteiger partial charge in [0.25, 0.3) is 0 Å². The molecule has 16 heteroatoms. The molecule has 0 bridgehead atoms. The van der Waals surface area contributed by atoms with E-state index in [1.807, 2.05) is 74.5 Å². The molecule has 276 valence electrons. The van der Waals surface area contributed by atoms with Gasteiger partial charge < -0.3 is 14.8 Å². The molecule has 0 aliphatic carbocycles. The number of carbonyl (C=O) groups is 2. The Labute approximate surface area is 317 Å². The maximum absolute atomic E-state index is 12.9. The van der Waals surface area contributed by atoms with Gasteiger partial charge in [-0.1, -0.05) is 84.6 Å². The number of alkyl halides is 3. The van der Waals surface area contributed by atoms with Crippen molar-refractivity contribution in [3.8, 4) is 22.8 Å². The molecule has 2 heterocycles. The zero-order valence-corrected chi connectivity index (χ0v) is 30.4. The Morgan fingerprint density at radius 3 is 2.48 bits per heavy atom. The molecule has 1 aliphatic heterocycles. The van der Waals surface area contributed by atoms with Crippen LogP contribution >= 0.6 is 24.0 Å². The summed E-state index contributed by atoms with van der Waals surface area (Å²) in [5.74, 6) is 0.146. The van der Waals surface area contributed by atoms with Crippen molar-refractivity contribution in [2.75, 3.05) is 10.7 Å². The Balaban J connectivity index is 1.16. The molecule has 0 spiro atoms. The standard InChI is InChI=1S/C38H32F3N7O4S2/c1-24-8-9-25(2)31(20-24)48-33(49)22-54-36(48)45-35(53)43-32(44-37(50)51-21-27-6-4-3-5-7-27)19-12-26-10-13-28(14-11-26)34-42-23-47(46-34)29-15-17-30(18-16-29)52-38(39,40)41/h3-20,23,32H,21-22H2,1-2H3,(H,43,53)(H,44,50)/b19-12-,45-36?. The second-order valence-corrected chi connectivity index (χ2v) is 13.2. The number of thioether (sulfide) groups is 1. The summed E-state index contributed by atoms with van der Waals surface area (Å²) in [5.41, 5.74) is 5.40. The summed E-state index contributed by atoms with van der Waals surface area (Å²) in [6, 6.07) is 27.6. The number of aryl methyl sites for hydroxylation is 2. The van der Waals surface area contributed by atoms with E-state index in [0.29, 0.717) is 22.2 Å². The van der Waals surface area contributed by atoms with Gasteiger partial charge in [0.2, 0.25) is 5.91 Å². The van der Waals surface area contributed by atoms with Crippen molar-refractivity contribution in [1.29, 1.82) is 0 Å². The van der Waals surface area contributed by atoms with E-state index in [2.05, 4.69) is 30.4 Å². The van der Waals surface area contributed by atoms with Crippen LogP contribution in [0.15, 0.2) is 114 Å². The number of nitrogens with zero attached hydrogens (tertiary/aromatic N) is 5. The van der Waals surface area contributed by atoms with Gasteiger partial charge in [-0.25, -0.2) is 14.5 Å². The number of ether oxygens (including phenoxy) is 2. The van der Waals surface area contributed by atoms with Gasteiger partial charge in [-0.05, 0) is 84.7 Å². The molecule has 0 radical (unpaired) electrons. The molecular formula is C38H32F3N7O4S2. The number of hydrogen-bond donors (Lipinski definition) is 2. The van der Waals surface area contributed by atoms with E-state index in [1.54, 1.807) is 29.2 Å². The lowest BCUT2D eigenvalue weighted by Gasteiger charge is -2.20. The monoisotopic (exact) mass is 771 g/mol. The number of halogens is 3. The third-order valence-corrected chi connectivity index (χ3v) is 8.94. The summed E-state index contributed by atoms with van der Waals surface area (Å²) in [6.45, 7) is 3.93. The fourth-order valence-corrected chi connectivity index (χ4v) is 6.33.